The monoisotopic (exact) mass is 474 g/mol. The topological polar surface area (TPSA) is 84.2 Å². The van der Waals surface area contributed by atoms with E-state index in [-0.39, 0.29) is 17.8 Å². The normalized spacial score (nSPS) is 15.8. The van der Waals surface area contributed by atoms with E-state index in [1.807, 2.05) is 36.1 Å². The number of amides is 1. The van der Waals surface area contributed by atoms with Crippen LogP contribution in [0.1, 0.15) is 59.9 Å². The zero-order chi connectivity index (χ0) is 24.2. The Balaban J connectivity index is 1.35. The van der Waals surface area contributed by atoms with Gasteiger partial charge in [-0.3, -0.25) is 9.89 Å². The molecule has 35 heavy (non-hydrogen) atoms. The van der Waals surface area contributed by atoms with Crippen molar-refractivity contribution in [2.75, 3.05) is 13.2 Å². The molecule has 2 aromatic carbocycles. The molecule has 0 spiro atoms. The van der Waals surface area contributed by atoms with Crippen LogP contribution in [-0.4, -0.2) is 39.1 Å². The molecule has 1 unspecified atom stereocenters. The summed E-state index contributed by atoms with van der Waals surface area (Å²) in [6, 6.07) is 15.5. The van der Waals surface area contributed by atoms with Crippen molar-refractivity contribution in [3.8, 4) is 17.0 Å². The van der Waals surface area contributed by atoms with Gasteiger partial charge in [-0.05, 0) is 62.1 Å². The van der Waals surface area contributed by atoms with E-state index in [1.54, 1.807) is 24.4 Å². The van der Waals surface area contributed by atoms with E-state index in [9.17, 15) is 9.18 Å². The lowest BCUT2D eigenvalue weighted by atomic mass is 10.0. The van der Waals surface area contributed by atoms with Crippen molar-refractivity contribution >= 4 is 5.91 Å². The quantitative estimate of drug-likeness (QED) is 0.379. The van der Waals surface area contributed by atoms with Gasteiger partial charge in [0.15, 0.2) is 0 Å². The summed E-state index contributed by atoms with van der Waals surface area (Å²) in [5, 5.41) is 7.29. The third kappa shape index (κ3) is 4.96. The van der Waals surface area contributed by atoms with Crippen molar-refractivity contribution in [1.82, 2.24) is 20.1 Å². The fraction of sp³-hybridized carbons (Fsp3) is 0.296. The number of hydrogen-bond donors (Lipinski definition) is 1. The number of H-pyrrole nitrogens is 1. The molecular weight excluding hydrogens is 447 g/mol. The van der Waals surface area contributed by atoms with Crippen LogP contribution in [0.3, 0.4) is 0 Å². The molecule has 2 aromatic heterocycles. The van der Waals surface area contributed by atoms with Gasteiger partial charge < -0.3 is 14.1 Å². The van der Waals surface area contributed by atoms with Gasteiger partial charge in [0.05, 0.1) is 18.5 Å². The lowest BCUT2D eigenvalue weighted by Gasteiger charge is -2.33. The number of oxazole rings is 1. The Morgan fingerprint density at radius 2 is 2.03 bits per heavy atom. The first-order valence-corrected chi connectivity index (χ1v) is 11.9. The second-order valence-electron chi connectivity index (χ2n) is 8.57. The molecule has 1 aliphatic rings. The maximum absolute atomic E-state index is 13.5. The lowest BCUT2D eigenvalue weighted by molar-refractivity contribution is 0.0564. The van der Waals surface area contributed by atoms with E-state index < -0.39 is 0 Å². The lowest BCUT2D eigenvalue weighted by Crippen LogP contribution is -2.38. The summed E-state index contributed by atoms with van der Waals surface area (Å²) in [6.07, 6.45) is 4.88. The van der Waals surface area contributed by atoms with Crippen LogP contribution in [-0.2, 0) is 6.42 Å². The Kier molecular flexibility index (Phi) is 6.61. The number of carbonyl (C=O) groups excluding carboxylic acids is 1. The van der Waals surface area contributed by atoms with Gasteiger partial charge in [0.25, 0.3) is 5.91 Å². The Morgan fingerprint density at radius 3 is 2.86 bits per heavy atom. The van der Waals surface area contributed by atoms with Crippen molar-refractivity contribution in [1.29, 1.82) is 0 Å². The third-order valence-electron chi connectivity index (χ3n) is 6.18. The van der Waals surface area contributed by atoms with Gasteiger partial charge in [-0.1, -0.05) is 24.3 Å². The highest BCUT2D eigenvalue weighted by molar-refractivity contribution is 5.94. The molecule has 1 atom stereocenters. The average molecular weight is 475 g/mol. The van der Waals surface area contributed by atoms with Crippen LogP contribution in [0.2, 0.25) is 0 Å². The molecule has 1 amide bonds. The number of aromatic nitrogens is 3. The highest BCUT2D eigenvalue weighted by Gasteiger charge is 2.33. The third-order valence-corrected chi connectivity index (χ3v) is 6.18. The second-order valence-corrected chi connectivity index (χ2v) is 8.57. The van der Waals surface area contributed by atoms with Crippen LogP contribution in [0.4, 0.5) is 4.39 Å². The molecule has 7 nitrogen and oxygen atoms in total. The molecule has 1 N–H and O–H groups in total. The van der Waals surface area contributed by atoms with E-state index in [0.717, 1.165) is 36.1 Å². The Labute approximate surface area is 202 Å². The van der Waals surface area contributed by atoms with Crippen LogP contribution in [0, 0.1) is 5.82 Å². The van der Waals surface area contributed by atoms with Crippen molar-refractivity contribution in [2.24, 2.45) is 0 Å². The number of carbonyl (C=O) groups is 1. The van der Waals surface area contributed by atoms with Gasteiger partial charge >= 0.3 is 0 Å². The molecule has 0 saturated carbocycles. The Bertz CT molecular complexity index is 1300. The second kappa shape index (κ2) is 10.1. The van der Waals surface area contributed by atoms with Crippen LogP contribution in [0.5, 0.6) is 5.75 Å². The van der Waals surface area contributed by atoms with E-state index in [1.165, 1.54) is 12.1 Å². The van der Waals surface area contributed by atoms with Crippen molar-refractivity contribution in [3.05, 3.63) is 89.5 Å². The number of ether oxygens (including phenoxy) is 1. The number of halogens is 1. The highest BCUT2D eigenvalue weighted by Crippen LogP contribution is 2.33. The molecule has 1 saturated heterocycles. The first kappa shape index (κ1) is 22.8. The van der Waals surface area contributed by atoms with Crippen molar-refractivity contribution in [2.45, 2.75) is 38.6 Å². The number of aromatic amines is 1. The molecule has 0 radical (unpaired) electrons. The standard InChI is InChI=1S/C27H27FN4O3/c1-2-34-25-9-4-3-7-21(25)22-16-23(31-30-22)27(33)32-14-6-5-8-24(32)26-29-17-20(35-26)15-18-10-12-19(28)13-11-18/h3-4,7,9-13,16-17,24H,2,5-6,8,14-15H2,1H3,(H,30,31). The van der Waals surface area contributed by atoms with Crippen molar-refractivity contribution in [3.63, 3.8) is 0 Å². The fourth-order valence-corrected chi connectivity index (χ4v) is 4.48. The van der Waals surface area contributed by atoms with Crippen LogP contribution < -0.4 is 4.74 Å². The molecule has 1 aliphatic heterocycles. The molecule has 0 aliphatic carbocycles. The minimum atomic E-state index is -0.272. The average Bonchev–Trinajstić information content (AvgIpc) is 3.56. The van der Waals surface area contributed by atoms with E-state index in [4.69, 9.17) is 9.15 Å². The number of rotatable bonds is 7. The minimum absolute atomic E-state index is 0.138. The SMILES string of the molecule is CCOc1ccccc1-c1cc(C(=O)N2CCCCC2c2ncc(Cc3ccc(F)cc3)o2)[nH]n1. The van der Waals surface area contributed by atoms with Gasteiger partial charge in [0.2, 0.25) is 5.89 Å². The van der Waals surface area contributed by atoms with E-state index in [0.29, 0.717) is 42.6 Å². The van der Waals surface area contributed by atoms with Crippen LogP contribution in [0.25, 0.3) is 11.3 Å². The number of para-hydroxylation sites is 1. The molecule has 1 fully saturated rings. The van der Waals surface area contributed by atoms with Gasteiger partial charge in [0.1, 0.15) is 29.1 Å². The predicted molar refractivity (Wildman–Crippen MR) is 129 cm³/mol. The number of piperidine rings is 1. The summed E-state index contributed by atoms with van der Waals surface area (Å²) in [5.41, 5.74) is 2.83. The van der Waals surface area contributed by atoms with Crippen LogP contribution >= 0.6 is 0 Å². The highest BCUT2D eigenvalue weighted by atomic mass is 19.1. The zero-order valence-corrected chi connectivity index (χ0v) is 19.5. The number of likely N-dealkylation sites (tertiary alicyclic amines) is 1. The molecule has 8 heteroatoms. The van der Waals surface area contributed by atoms with Gasteiger partial charge in [-0.2, -0.15) is 5.10 Å². The smallest absolute Gasteiger partial charge is 0.272 e. The van der Waals surface area contributed by atoms with Gasteiger partial charge in [-0.25, -0.2) is 9.37 Å². The molecular formula is C27H27FN4O3. The molecule has 0 bridgehead atoms. The largest absolute Gasteiger partial charge is 0.493 e. The summed E-state index contributed by atoms with van der Waals surface area (Å²) >= 11 is 0. The summed E-state index contributed by atoms with van der Waals surface area (Å²) in [6.45, 7) is 3.09. The van der Waals surface area contributed by atoms with Crippen LogP contribution in [0.15, 0.2) is 65.2 Å². The fourth-order valence-electron chi connectivity index (χ4n) is 4.48. The first-order valence-electron chi connectivity index (χ1n) is 11.9. The Morgan fingerprint density at radius 1 is 1.20 bits per heavy atom. The predicted octanol–water partition coefficient (Wildman–Crippen LogP) is 5.56. The first-order chi connectivity index (χ1) is 17.1. The summed E-state index contributed by atoms with van der Waals surface area (Å²) < 4.78 is 25.0. The van der Waals surface area contributed by atoms with E-state index >= 15 is 0 Å². The number of benzene rings is 2. The zero-order valence-electron chi connectivity index (χ0n) is 19.5. The molecule has 3 heterocycles. The number of nitrogens with zero attached hydrogens (tertiary/aromatic N) is 3. The summed E-state index contributed by atoms with van der Waals surface area (Å²) in [4.78, 5) is 19.8. The molecule has 180 valence electrons. The number of nitrogens with one attached hydrogen (secondary N) is 1. The minimum Gasteiger partial charge on any atom is -0.493 e. The van der Waals surface area contributed by atoms with Crippen molar-refractivity contribution < 1.29 is 18.3 Å². The summed E-state index contributed by atoms with van der Waals surface area (Å²) in [7, 11) is 0. The maximum Gasteiger partial charge on any atom is 0.272 e. The molecule has 4 aromatic rings. The van der Waals surface area contributed by atoms with E-state index in [2.05, 4.69) is 15.2 Å². The maximum atomic E-state index is 13.5. The number of hydrogen-bond acceptors (Lipinski definition) is 5. The van der Waals surface area contributed by atoms with Gasteiger partial charge in [-0.15, -0.1) is 0 Å². The molecule has 5 rings (SSSR count). The summed E-state index contributed by atoms with van der Waals surface area (Å²) in [5.74, 6) is 1.52. The Hall–Kier alpha value is -3.94. The van der Waals surface area contributed by atoms with Gasteiger partial charge in [0, 0.05) is 18.5 Å².